The van der Waals surface area contributed by atoms with E-state index in [1.165, 1.54) is 5.56 Å². The van der Waals surface area contributed by atoms with E-state index in [4.69, 9.17) is 0 Å². The Labute approximate surface area is 160 Å². The van der Waals surface area contributed by atoms with Gasteiger partial charge in [0.15, 0.2) is 0 Å². The van der Waals surface area contributed by atoms with Crippen LogP contribution in [0.2, 0.25) is 0 Å². The molecule has 2 atom stereocenters. The molecule has 1 spiro atoms. The van der Waals surface area contributed by atoms with Gasteiger partial charge in [-0.3, -0.25) is 9.59 Å². The van der Waals surface area contributed by atoms with Gasteiger partial charge < -0.3 is 14.9 Å². The summed E-state index contributed by atoms with van der Waals surface area (Å²) < 4.78 is 0. The molecule has 4 aliphatic rings. The molecule has 2 amide bonds. The Kier molecular flexibility index (Phi) is 4.04. The van der Waals surface area contributed by atoms with Crippen LogP contribution < -0.4 is 0 Å². The Balaban J connectivity index is 1.40. The molecular weight excluding hydrogens is 340 g/mol. The smallest absolute Gasteiger partial charge is 0.225 e. The molecule has 2 aliphatic carbocycles. The van der Waals surface area contributed by atoms with E-state index in [-0.39, 0.29) is 41.8 Å². The third-order valence-electron chi connectivity index (χ3n) is 7.25. The van der Waals surface area contributed by atoms with E-state index >= 15 is 0 Å². The number of carbonyl (C=O) groups excluding carboxylic acids is 2. The van der Waals surface area contributed by atoms with Crippen LogP contribution in [0.4, 0.5) is 0 Å². The maximum atomic E-state index is 13.0. The first-order valence-corrected chi connectivity index (χ1v) is 10.4. The molecule has 27 heavy (non-hydrogen) atoms. The standard InChI is InChI=1S/C22H28N2O3/c25-12-18-20(16-5-2-1-3-6-16)22(24(18)19(26)11-15-9-10-15)13-23(14-22)21(27)17-7-4-8-17/h1-3,5-6,15,17-18,20,25H,4,7-14H2/t18-,20+/m0/s1. The summed E-state index contributed by atoms with van der Waals surface area (Å²) in [5.74, 6) is 1.26. The summed E-state index contributed by atoms with van der Waals surface area (Å²) in [5.41, 5.74) is 0.850. The lowest BCUT2D eigenvalue weighted by Gasteiger charge is -2.70. The summed E-state index contributed by atoms with van der Waals surface area (Å²) in [6.45, 7) is 1.22. The third kappa shape index (κ3) is 2.62. The number of nitrogens with zero attached hydrogens (tertiary/aromatic N) is 2. The summed E-state index contributed by atoms with van der Waals surface area (Å²) in [6.07, 6.45) is 6.05. The van der Waals surface area contributed by atoms with Crippen molar-refractivity contribution in [3.05, 3.63) is 35.9 Å². The predicted octanol–water partition coefficient (Wildman–Crippen LogP) is 2.15. The van der Waals surface area contributed by atoms with E-state index in [2.05, 4.69) is 12.1 Å². The van der Waals surface area contributed by atoms with Crippen LogP contribution in [0.25, 0.3) is 0 Å². The molecule has 2 saturated carbocycles. The van der Waals surface area contributed by atoms with Crippen LogP contribution in [0.3, 0.4) is 0 Å². The van der Waals surface area contributed by atoms with E-state index in [0.29, 0.717) is 25.4 Å². The van der Waals surface area contributed by atoms with E-state index in [9.17, 15) is 14.7 Å². The summed E-state index contributed by atoms with van der Waals surface area (Å²) in [5, 5.41) is 10.1. The first-order valence-electron chi connectivity index (χ1n) is 10.4. The highest BCUT2D eigenvalue weighted by molar-refractivity contribution is 5.84. The van der Waals surface area contributed by atoms with Gasteiger partial charge in [-0.05, 0) is 37.2 Å². The molecule has 2 heterocycles. The molecule has 1 aromatic carbocycles. The van der Waals surface area contributed by atoms with Crippen LogP contribution in [0, 0.1) is 11.8 Å². The Morgan fingerprint density at radius 2 is 1.78 bits per heavy atom. The Morgan fingerprint density at radius 1 is 1.07 bits per heavy atom. The van der Waals surface area contributed by atoms with Gasteiger partial charge in [0.25, 0.3) is 0 Å². The van der Waals surface area contributed by atoms with Crippen molar-refractivity contribution in [3.63, 3.8) is 0 Å². The second-order valence-corrected chi connectivity index (χ2v) is 8.98. The lowest BCUT2D eigenvalue weighted by atomic mass is 9.60. The number of hydrogen-bond acceptors (Lipinski definition) is 3. The van der Waals surface area contributed by atoms with Gasteiger partial charge in [-0.2, -0.15) is 0 Å². The average Bonchev–Trinajstić information content (AvgIpc) is 3.36. The van der Waals surface area contributed by atoms with Gasteiger partial charge in [0.1, 0.15) is 0 Å². The molecule has 144 valence electrons. The lowest BCUT2D eigenvalue weighted by Crippen LogP contribution is -2.86. The Bertz CT molecular complexity index is 735. The molecule has 1 N–H and O–H groups in total. The molecule has 2 aliphatic heterocycles. The fraction of sp³-hybridized carbons (Fsp3) is 0.636. The molecule has 0 bridgehead atoms. The second kappa shape index (κ2) is 6.33. The first-order chi connectivity index (χ1) is 13.1. The Hall–Kier alpha value is -1.88. The number of rotatable bonds is 5. The minimum Gasteiger partial charge on any atom is -0.394 e. The zero-order valence-corrected chi connectivity index (χ0v) is 15.7. The van der Waals surface area contributed by atoms with Gasteiger partial charge in [0.05, 0.1) is 18.2 Å². The zero-order chi connectivity index (χ0) is 18.6. The quantitative estimate of drug-likeness (QED) is 0.866. The van der Waals surface area contributed by atoms with E-state index in [1.807, 2.05) is 28.0 Å². The summed E-state index contributed by atoms with van der Waals surface area (Å²) in [6, 6.07) is 10.0. The van der Waals surface area contributed by atoms with Crippen molar-refractivity contribution in [1.29, 1.82) is 0 Å². The Morgan fingerprint density at radius 3 is 2.33 bits per heavy atom. The number of likely N-dealkylation sites (tertiary alicyclic amines) is 2. The van der Waals surface area contributed by atoms with Gasteiger partial charge >= 0.3 is 0 Å². The van der Waals surface area contributed by atoms with Gasteiger partial charge in [-0.25, -0.2) is 0 Å². The molecule has 2 saturated heterocycles. The monoisotopic (exact) mass is 368 g/mol. The van der Waals surface area contributed by atoms with Crippen molar-refractivity contribution in [3.8, 4) is 0 Å². The van der Waals surface area contributed by atoms with Gasteiger partial charge in [0.2, 0.25) is 11.8 Å². The predicted molar refractivity (Wildman–Crippen MR) is 101 cm³/mol. The highest BCUT2D eigenvalue weighted by Crippen LogP contribution is 2.55. The van der Waals surface area contributed by atoms with Crippen molar-refractivity contribution in [1.82, 2.24) is 9.80 Å². The van der Waals surface area contributed by atoms with Crippen LogP contribution in [0.5, 0.6) is 0 Å². The van der Waals surface area contributed by atoms with Crippen LogP contribution in [0.1, 0.15) is 50.0 Å². The van der Waals surface area contributed by atoms with Crippen molar-refractivity contribution >= 4 is 11.8 Å². The molecular formula is C22H28N2O3. The first kappa shape index (κ1) is 17.2. The fourth-order valence-corrected chi connectivity index (χ4v) is 5.42. The van der Waals surface area contributed by atoms with Crippen molar-refractivity contribution < 1.29 is 14.7 Å². The normalized spacial score (nSPS) is 29.1. The molecule has 5 rings (SSSR count). The highest BCUT2D eigenvalue weighted by atomic mass is 16.3. The number of aliphatic hydroxyl groups is 1. The lowest BCUT2D eigenvalue weighted by molar-refractivity contribution is -0.205. The largest absolute Gasteiger partial charge is 0.394 e. The number of hydrogen-bond donors (Lipinski definition) is 1. The van der Waals surface area contributed by atoms with Crippen LogP contribution >= 0.6 is 0 Å². The van der Waals surface area contributed by atoms with Crippen molar-refractivity contribution in [2.24, 2.45) is 11.8 Å². The van der Waals surface area contributed by atoms with Crippen LogP contribution in [-0.4, -0.2) is 58.0 Å². The minimum atomic E-state index is -0.319. The van der Waals surface area contributed by atoms with Crippen molar-refractivity contribution in [2.45, 2.75) is 56.0 Å². The highest BCUT2D eigenvalue weighted by Gasteiger charge is 2.68. The molecule has 0 unspecified atom stereocenters. The number of carbonyl (C=O) groups is 2. The fourth-order valence-electron chi connectivity index (χ4n) is 5.42. The van der Waals surface area contributed by atoms with E-state index in [0.717, 1.165) is 32.1 Å². The van der Waals surface area contributed by atoms with Crippen molar-refractivity contribution in [2.75, 3.05) is 19.7 Å². The molecule has 5 heteroatoms. The second-order valence-electron chi connectivity index (χ2n) is 8.98. The van der Waals surface area contributed by atoms with E-state index in [1.54, 1.807) is 0 Å². The van der Waals surface area contributed by atoms with Gasteiger partial charge in [-0.1, -0.05) is 36.8 Å². The minimum absolute atomic E-state index is 0.0196. The molecule has 4 fully saturated rings. The van der Waals surface area contributed by atoms with Gasteiger partial charge in [0, 0.05) is 31.3 Å². The van der Waals surface area contributed by atoms with Crippen LogP contribution in [0.15, 0.2) is 30.3 Å². The van der Waals surface area contributed by atoms with E-state index < -0.39 is 0 Å². The molecule has 5 nitrogen and oxygen atoms in total. The van der Waals surface area contributed by atoms with Crippen LogP contribution in [-0.2, 0) is 9.59 Å². The summed E-state index contributed by atoms with van der Waals surface area (Å²) in [7, 11) is 0. The SMILES string of the molecule is O=C(C1CCC1)N1CC2(C1)[C@H](c1ccccc1)[C@H](CO)N2C(=O)CC1CC1. The maximum absolute atomic E-state index is 13.0. The summed E-state index contributed by atoms with van der Waals surface area (Å²) in [4.78, 5) is 29.6. The number of benzene rings is 1. The number of amides is 2. The third-order valence-corrected chi connectivity index (χ3v) is 7.25. The average molecular weight is 368 g/mol. The van der Waals surface area contributed by atoms with Gasteiger partial charge in [-0.15, -0.1) is 0 Å². The maximum Gasteiger partial charge on any atom is 0.225 e. The zero-order valence-electron chi connectivity index (χ0n) is 15.7. The molecule has 1 aromatic rings. The molecule has 0 radical (unpaired) electrons. The number of aliphatic hydroxyl groups excluding tert-OH is 1. The summed E-state index contributed by atoms with van der Waals surface area (Å²) >= 11 is 0. The molecule has 0 aromatic heterocycles. The topological polar surface area (TPSA) is 60.9 Å².